The van der Waals surface area contributed by atoms with Crippen LogP contribution < -0.4 is 4.74 Å². The molecule has 0 aliphatic carbocycles. The van der Waals surface area contributed by atoms with Crippen LogP contribution in [0.1, 0.15) is 59.3 Å². The van der Waals surface area contributed by atoms with Crippen molar-refractivity contribution in [3.05, 3.63) is 24.3 Å². The number of hydrogen-bond acceptors (Lipinski definition) is 6. The Labute approximate surface area is 175 Å². The molecule has 1 fully saturated rings. The highest BCUT2D eigenvalue weighted by Crippen LogP contribution is 2.37. The van der Waals surface area contributed by atoms with Crippen LogP contribution in [0.2, 0.25) is 0 Å². The predicted octanol–water partition coefficient (Wildman–Crippen LogP) is 3.84. The van der Waals surface area contributed by atoms with Gasteiger partial charge in [-0.1, -0.05) is 26.7 Å². The lowest BCUT2D eigenvalue weighted by atomic mass is 9.95. The van der Waals surface area contributed by atoms with Crippen molar-refractivity contribution in [3.8, 4) is 5.75 Å². The van der Waals surface area contributed by atoms with E-state index >= 15 is 0 Å². The topological polar surface area (TPSA) is 72.9 Å². The number of hydrogen-bond donors (Lipinski definition) is 0. The van der Waals surface area contributed by atoms with Crippen molar-refractivity contribution in [2.45, 2.75) is 68.9 Å². The maximum absolute atomic E-state index is 13.6. The first-order valence-corrected chi connectivity index (χ1v) is 12.3. The summed E-state index contributed by atoms with van der Waals surface area (Å²) in [6.07, 6.45) is 4.65. The van der Waals surface area contributed by atoms with E-state index in [-0.39, 0.29) is 24.3 Å². The summed E-state index contributed by atoms with van der Waals surface area (Å²) in [7, 11) is -3.89. The minimum Gasteiger partial charge on any atom is -0.494 e. The summed E-state index contributed by atoms with van der Waals surface area (Å²) < 4.78 is 36.5. The third kappa shape index (κ3) is 5.51. The smallest absolute Gasteiger partial charge is 0.327 e. The van der Waals surface area contributed by atoms with Crippen LogP contribution >= 0.6 is 0 Å². The van der Waals surface area contributed by atoms with Gasteiger partial charge in [-0.05, 0) is 63.4 Å². The molecular formula is C22H35NO5S. The average molecular weight is 426 g/mol. The molecule has 0 spiro atoms. The molecular weight excluding hydrogens is 390 g/mol. The Balaban J connectivity index is 2.24. The maximum atomic E-state index is 13.6. The van der Waals surface area contributed by atoms with Gasteiger partial charge < -0.3 is 14.4 Å². The molecule has 0 amide bonds. The van der Waals surface area contributed by atoms with Crippen LogP contribution in [0.5, 0.6) is 5.75 Å². The van der Waals surface area contributed by atoms with E-state index in [1.54, 1.807) is 31.2 Å². The van der Waals surface area contributed by atoms with Gasteiger partial charge in [0.05, 0.1) is 18.1 Å². The van der Waals surface area contributed by atoms with Gasteiger partial charge in [0.15, 0.2) is 14.6 Å². The van der Waals surface area contributed by atoms with Crippen molar-refractivity contribution in [1.82, 2.24) is 4.90 Å². The van der Waals surface area contributed by atoms with Crippen LogP contribution in [-0.4, -0.2) is 56.9 Å². The summed E-state index contributed by atoms with van der Waals surface area (Å²) >= 11 is 0. The highest BCUT2D eigenvalue weighted by atomic mass is 32.2. The van der Waals surface area contributed by atoms with Crippen molar-refractivity contribution in [1.29, 1.82) is 0 Å². The molecule has 1 aromatic carbocycles. The van der Waals surface area contributed by atoms with Crippen LogP contribution in [0.15, 0.2) is 29.2 Å². The Morgan fingerprint density at radius 1 is 1.03 bits per heavy atom. The molecule has 0 N–H and O–H groups in total. The van der Waals surface area contributed by atoms with Crippen molar-refractivity contribution in [2.24, 2.45) is 0 Å². The molecule has 7 heteroatoms. The van der Waals surface area contributed by atoms with Gasteiger partial charge in [0.25, 0.3) is 0 Å². The fourth-order valence-corrected chi connectivity index (χ4v) is 5.58. The van der Waals surface area contributed by atoms with Crippen molar-refractivity contribution < 1.29 is 22.7 Å². The highest BCUT2D eigenvalue weighted by molar-refractivity contribution is 7.93. The van der Waals surface area contributed by atoms with Gasteiger partial charge in [-0.3, -0.25) is 4.79 Å². The first kappa shape index (κ1) is 23.7. The number of carbonyl (C=O) groups excluding carboxylic acids is 1. The number of unbranched alkanes of at least 4 members (excludes halogenated alkanes) is 2. The third-order valence-corrected chi connectivity index (χ3v) is 8.05. The van der Waals surface area contributed by atoms with E-state index in [1.807, 2.05) is 0 Å². The summed E-state index contributed by atoms with van der Waals surface area (Å²) in [6.45, 7) is 8.78. The van der Waals surface area contributed by atoms with Crippen molar-refractivity contribution in [3.63, 3.8) is 0 Å². The molecule has 164 valence electrons. The Hall–Kier alpha value is -1.60. The molecule has 0 saturated carbocycles. The van der Waals surface area contributed by atoms with Gasteiger partial charge in [0.2, 0.25) is 0 Å². The normalized spacial score (nSPS) is 17.1. The van der Waals surface area contributed by atoms with Crippen LogP contribution in [-0.2, 0) is 19.4 Å². The van der Waals surface area contributed by atoms with Crippen molar-refractivity contribution >= 4 is 15.8 Å². The SMILES string of the molecule is CCCCOc1ccc(S(=O)(=O)C2(C(=O)OCC)CCN(CCCC)CC2)cc1. The van der Waals surface area contributed by atoms with Crippen LogP contribution in [0.25, 0.3) is 0 Å². The lowest BCUT2D eigenvalue weighted by Gasteiger charge is -2.39. The fourth-order valence-electron chi connectivity index (χ4n) is 3.64. The van der Waals surface area contributed by atoms with Gasteiger partial charge in [0, 0.05) is 13.1 Å². The van der Waals surface area contributed by atoms with Gasteiger partial charge >= 0.3 is 5.97 Å². The zero-order chi connectivity index (χ0) is 21.3. The zero-order valence-electron chi connectivity index (χ0n) is 18.0. The second-order valence-corrected chi connectivity index (χ2v) is 9.85. The number of carbonyl (C=O) groups is 1. The molecule has 0 atom stereocenters. The first-order valence-electron chi connectivity index (χ1n) is 10.8. The minimum atomic E-state index is -3.89. The molecule has 1 saturated heterocycles. The molecule has 0 radical (unpaired) electrons. The first-order chi connectivity index (χ1) is 13.9. The minimum absolute atomic E-state index is 0.149. The van der Waals surface area contributed by atoms with Gasteiger partial charge in [-0.2, -0.15) is 0 Å². The predicted molar refractivity (Wildman–Crippen MR) is 114 cm³/mol. The van der Waals surface area contributed by atoms with Crippen LogP contribution in [0.4, 0.5) is 0 Å². The Kier molecular flexibility index (Phi) is 8.96. The van der Waals surface area contributed by atoms with E-state index < -0.39 is 20.6 Å². The number of ether oxygens (including phenoxy) is 2. The van der Waals surface area contributed by atoms with Crippen LogP contribution in [0.3, 0.4) is 0 Å². The second kappa shape index (κ2) is 11.0. The zero-order valence-corrected chi connectivity index (χ0v) is 18.8. The molecule has 0 unspecified atom stereocenters. The van der Waals surface area contributed by atoms with E-state index in [1.165, 1.54) is 0 Å². The van der Waals surface area contributed by atoms with E-state index in [0.29, 0.717) is 25.4 Å². The second-order valence-electron chi connectivity index (χ2n) is 7.59. The lowest BCUT2D eigenvalue weighted by molar-refractivity contribution is -0.147. The number of benzene rings is 1. The van der Waals surface area contributed by atoms with Gasteiger partial charge in [0.1, 0.15) is 5.75 Å². The molecule has 0 bridgehead atoms. The lowest BCUT2D eigenvalue weighted by Crippen LogP contribution is -2.55. The van der Waals surface area contributed by atoms with Crippen LogP contribution in [0, 0.1) is 0 Å². The molecule has 1 aliphatic heterocycles. The summed E-state index contributed by atoms with van der Waals surface area (Å²) in [4.78, 5) is 15.2. The average Bonchev–Trinajstić information content (AvgIpc) is 2.73. The van der Waals surface area contributed by atoms with Gasteiger partial charge in [-0.25, -0.2) is 8.42 Å². The Morgan fingerprint density at radius 3 is 2.21 bits per heavy atom. The molecule has 1 aromatic rings. The van der Waals surface area contributed by atoms with E-state index in [0.717, 1.165) is 32.2 Å². The highest BCUT2D eigenvalue weighted by Gasteiger charge is 2.54. The summed E-state index contributed by atoms with van der Waals surface area (Å²) in [5.41, 5.74) is 0. The van der Waals surface area contributed by atoms with Crippen molar-refractivity contribution in [2.75, 3.05) is 32.8 Å². The molecule has 1 heterocycles. The van der Waals surface area contributed by atoms with E-state index in [2.05, 4.69) is 18.7 Å². The largest absolute Gasteiger partial charge is 0.494 e. The van der Waals surface area contributed by atoms with Gasteiger partial charge in [-0.15, -0.1) is 0 Å². The third-order valence-electron chi connectivity index (χ3n) is 5.55. The number of esters is 1. The summed E-state index contributed by atoms with van der Waals surface area (Å²) in [5.74, 6) is 0.00961. The molecule has 2 rings (SSSR count). The van der Waals surface area contributed by atoms with E-state index in [9.17, 15) is 13.2 Å². The standard InChI is InChI=1S/C22H35NO5S/c1-4-7-15-23-16-13-22(14-17-23,21(24)27-6-3)29(25,26)20-11-9-19(10-12-20)28-18-8-5-2/h9-12H,4-8,13-18H2,1-3H3. The molecule has 29 heavy (non-hydrogen) atoms. The fraction of sp³-hybridized carbons (Fsp3) is 0.682. The molecule has 0 aromatic heterocycles. The van der Waals surface area contributed by atoms with E-state index in [4.69, 9.17) is 9.47 Å². The maximum Gasteiger partial charge on any atom is 0.327 e. The number of nitrogens with zero attached hydrogens (tertiary/aromatic N) is 1. The molecule has 6 nitrogen and oxygen atoms in total. The number of rotatable bonds is 11. The quantitative estimate of drug-likeness (QED) is 0.396. The Bertz CT molecular complexity index is 737. The number of likely N-dealkylation sites (tertiary alicyclic amines) is 1. The Morgan fingerprint density at radius 2 is 1.66 bits per heavy atom. The number of sulfone groups is 1. The summed E-state index contributed by atoms with van der Waals surface area (Å²) in [5, 5.41) is 0. The summed E-state index contributed by atoms with van der Waals surface area (Å²) in [6, 6.07) is 6.41. The number of piperidine rings is 1. The monoisotopic (exact) mass is 425 g/mol. The molecule has 1 aliphatic rings.